The Labute approximate surface area is 168 Å². The highest BCUT2D eigenvalue weighted by Gasteiger charge is 2.50. The third-order valence-electron chi connectivity index (χ3n) is 4.98. The minimum Gasteiger partial charge on any atom is -0.356 e. The van der Waals surface area contributed by atoms with E-state index in [1.54, 1.807) is 13.1 Å². The predicted molar refractivity (Wildman–Crippen MR) is 103 cm³/mol. The fraction of sp³-hybridized carbons (Fsp3) is 0.611. The van der Waals surface area contributed by atoms with Crippen LogP contribution in [0.25, 0.3) is 0 Å². The van der Waals surface area contributed by atoms with Crippen molar-refractivity contribution in [3.05, 3.63) is 35.1 Å². The number of aryl methyl sites for hydroxylation is 1. The second kappa shape index (κ2) is 9.75. The van der Waals surface area contributed by atoms with Gasteiger partial charge in [-0.1, -0.05) is 6.07 Å². The lowest BCUT2D eigenvalue weighted by atomic mass is 9.98. The van der Waals surface area contributed by atoms with E-state index in [-0.39, 0.29) is 24.8 Å². The maximum Gasteiger partial charge on any atom is 0.511 e. The van der Waals surface area contributed by atoms with Crippen LogP contribution in [0, 0.1) is 18.7 Å². The molecular weight excluding hydrogens is 412 g/mol. The quantitative estimate of drug-likeness (QED) is 0.407. The van der Waals surface area contributed by atoms with Crippen molar-refractivity contribution < 1.29 is 26.0 Å². The van der Waals surface area contributed by atoms with Crippen molar-refractivity contribution in [3.63, 3.8) is 0 Å². The SMILES string of the molecule is CN=C(NCCc1ccc(F)cc1C)NCC1CCN(S(=O)(=O)C(F)(F)F)CC1. The molecule has 2 rings (SSSR count). The lowest BCUT2D eigenvalue weighted by Gasteiger charge is -2.31. The molecule has 0 radical (unpaired) electrons. The minimum absolute atomic E-state index is 0.0487. The number of halogens is 4. The predicted octanol–water partition coefficient (Wildman–Crippen LogP) is 2.40. The van der Waals surface area contributed by atoms with Gasteiger partial charge in [-0.05, 0) is 55.4 Å². The first-order valence-corrected chi connectivity index (χ1v) is 10.7. The van der Waals surface area contributed by atoms with Crippen LogP contribution in [0.3, 0.4) is 0 Å². The van der Waals surface area contributed by atoms with Gasteiger partial charge in [-0.2, -0.15) is 17.5 Å². The van der Waals surface area contributed by atoms with E-state index in [4.69, 9.17) is 0 Å². The zero-order valence-corrected chi connectivity index (χ0v) is 17.2. The molecule has 11 heteroatoms. The van der Waals surface area contributed by atoms with Gasteiger partial charge in [-0.25, -0.2) is 12.8 Å². The van der Waals surface area contributed by atoms with Crippen molar-refractivity contribution in [2.75, 3.05) is 33.2 Å². The number of nitrogens with one attached hydrogen (secondary N) is 2. The molecule has 0 bridgehead atoms. The smallest absolute Gasteiger partial charge is 0.356 e. The highest BCUT2D eigenvalue weighted by molar-refractivity contribution is 7.90. The van der Waals surface area contributed by atoms with Crippen molar-refractivity contribution in [1.82, 2.24) is 14.9 Å². The molecule has 1 saturated heterocycles. The van der Waals surface area contributed by atoms with Gasteiger partial charge in [0.15, 0.2) is 5.96 Å². The molecule has 0 spiro atoms. The van der Waals surface area contributed by atoms with Crippen molar-refractivity contribution in [3.8, 4) is 0 Å². The number of hydrogen-bond acceptors (Lipinski definition) is 3. The minimum atomic E-state index is -5.26. The molecule has 2 N–H and O–H groups in total. The van der Waals surface area contributed by atoms with E-state index in [2.05, 4.69) is 15.6 Å². The molecule has 1 aliphatic rings. The van der Waals surface area contributed by atoms with Gasteiger partial charge in [0.2, 0.25) is 0 Å². The summed E-state index contributed by atoms with van der Waals surface area (Å²) in [4.78, 5) is 4.11. The molecule has 0 amide bonds. The lowest BCUT2D eigenvalue weighted by molar-refractivity contribution is -0.0496. The lowest BCUT2D eigenvalue weighted by Crippen LogP contribution is -2.47. The summed E-state index contributed by atoms with van der Waals surface area (Å²) >= 11 is 0. The zero-order chi connectivity index (χ0) is 21.7. The van der Waals surface area contributed by atoms with Crippen molar-refractivity contribution in [1.29, 1.82) is 0 Å². The molecule has 1 aliphatic heterocycles. The summed E-state index contributed by atoms with van der Waals surface area (Å²) < 4.78 is 74.4. The largest absolute Gasteiger partial charge is 0.511 e. The van der Waals surface area contributed by atoms with Crippen LogP contribution in [0.1, 0.15) is 24.0 Å². The highest BCUT2D eigenvalue weighted by atomic mass is 32.2. The molecule has 0 unspecified atom stereocenters. The van der Waals surface area contributed by atoms with Crippen LogP contribution in [-0.4, -0.2) is 57.4 Å². The average Bonchev–Trinajstić information content (AvgIpc) is 2.65. The number of aliphatic imine (C=N–C) groups is 1. The fourth-order valence-corrected chi connectivity index (χ4v) is 4.20. The first-order valence-electron chi connectivity index (χ1n) is 9.30. The number of benzene rings is 1. The number of sulfonamides is 1. The Balaban J connectivity index is 1.75. The number of piperidine rings is 1. The Morgan fingerprint density at radius 2 is 1.90 bits per heavy atom. The number of rotatable bonds is 6. The van der Waals surface area contributed by atoms with Gasteiger partial charge in [-0.15, -0.1) is 0 Å². The molecular formula is C18H26F4N4O2S. The summed E-state index contributed by atoms with van der Waals surface area (Å²) in [6.07, 6.45) is 1.36. The molecule has 29 heavy (non-hydrogen) atoms. The molecule has 1 aromatic carbocycles. The number of hydrogen-bond donors (Lipinski definition) is 2. The summed E-state index contributed by atoms with van der Waals surface area (Å²) in [5.41, 5.74) is -3.37. The van der Waals surface area contributed by atoms with E-state index >= 15 is 0 Å². The first-order chi connectivity index (χ1) is 13.5. The monoisotopic (exact) mass is 438 g/mol. The van der Waals surface area contributed by atoms with Crippen LogP contribution in [0.5, 0.6) is 0 Å². The molecule has 6 nitrogen and oxygen atoms in total. The van der Waals surface area contributed by atoms with Crippen LogP contribution in [0.4, 0.5) is 17.6 Å². The highest BCUT2D eigenvalue weighted by Crippen LogP contribution is 2.30. The third kappa shape index (κ3) is 6.30. The molecule has 1 fully saturated rings. The average molecular weight is 438 g/mol. The summed E-state index contributed by atoms with van der Waals surface area (Å²) in [6, 6.07) is 4.64. The van der Waals surface area contributed by atoms with Crippen LogP contribution in [0.15, 0.2) is 23.2 Å². The van der Waals surface area contributed by atoms with Gasteiger partial charge in [0.25, 0.3) is 0 Å². The summed E-state index contributed by atoms with van der Waals surface area (Å²) in [7, 11) is -3.64. The van der Waals surface area contributed by atoms with Crippen molar-refractivity contribution in [2.45, 2.75) is 31.7 Å². The van der Waals surface area contributed by atoms with E-state index < -0.39 is 15.5 Å². The molecule has 1 heterocycles. The number of nitrogens with zero attached hydrogens (tertiary/aromatic N) is 2. The van der Waals surface area contributed by atoms with E-state index in [0.29, 0.717) is 42.6 Å². The second-order valence-corrected chi connectivity index (χ2v) is 8.92. The normalized spacial score (nSPS) is 17.4. The van der Waals surface area contributed by atoms with Crippen LogP contribution < -0.4 is 10.6 Å². The maximum atomic E-state index is 13.1. The topological polar surface area (TPSA) is 73.8 Å². The van der Waals surface area contributed by atoms with Crippen LogP contribution in [-0.2, 0) is 16.4 Å². The Morgan fingerprint density at radius 1 is 1.24 bits per heavy atom. The van der Waals surface area contributed by atoms with Gasteiger partial charge in [0, 0.05) is 33.2 Å². The number of guanidine groups is 1. The van der Waals surface area contributed by atoms with Crippen LogP contribution in [0.2, 0.25) is 0 Å². The van der Waals surface area contributed by atoms with Gasteiger partial charge < -0.3 is 10.6 Å². The molecule has 1 aromatic rings. The van der Waals surface area contributed by atoms with E-state index in [9.17, 15) is 26.0 Å². The number of alkyl halides is 3. The standard InChI is InChI=1S/C18H26F4N4O2S/c1-13-11-16(19)4-3-15(13)5-8-24-17(23-2)25-12-14-6-9-26(10-7-14)29(27,28)18(20,21)22/h3-4,11,14H,5-10,12H2,1-2H3,(H2,23,24,25). The Morgan fingerprint density at radius 3 is 2.45 bits per heavy atom. The van der Waals surface area contributed by atoms with E-state index in [1.807, 2.05) is 6.92 Å². The second-order valence-electron chi connectivity index (χ2n) is 6.99. The van der Waals surface area contributed by atoms with Gasteiger partial charge in [-0.3, -0.25) is 4.99 Å². The molecule has 164 valence electrons. The van der Waals surface area contributed by atoms with Crippen LogP contribution >= 0.6 is 0 Å². The van der Waals surface area contributed by atoms with E-state index in [0.717, 1.165) is 11.1 Å². The van der Waals surface area contributed by atoms with Gasteiger partial charge >= 0.3 is 15.5 Å². The third-order valence-corrected chi connectivity index (χ3v) is 6.61. The van der Waals surface area contributed by atoms with Gasteiger partial charge in [0.05, 0.1) is 0 Å². The Hall–Kier alpha value is -1.88. The first kappa shape index (κ1) is 23.4. The van der Waals surface area contributed by atoms with Gasteiger partial charge in [0.1, 0.15) is 5.82 Å². The summed E-state index contributed by atoms with van der Waals surface area (Å²) in [5.74, 6) is 0.327. The summed E-state index contributed by atoms with van der Waals surface area (Å²) in [5, 5.41) is 6.26. The van der Waals surface area contributed by atoms with E-state index in [1.165, 1.54) is 12.1 Å². The molecule has 0 atom stereocenters. The summed E-state index contributed by atoms with van der Waals surface area (Å²) in [6.45, 7) is 2.61. The molecule has 0 saturated carbocycles. The maximum absolute atomic E-state index is 13.1. The fourth-order valence-electron chi connectivity index (χ4n) is 3.22. The zero-order valence-electron chi connectivity index (χ0n) is 16.4. The molecule has 0 aliphatic carbocycles. The van der Waals surface area contributed by atoms with Crippen molar-refractivity contribution >= 4 is 16.0 Å². The Kier molecular flexibility index (Phi) is 7.87. The Bertz CT molecular complexity index is 820. The van der Waals surface area contributed by atoms with Crippen molar-refractivity contribution in [2.24, 2.45) is 10.9 Å². The molecule has 0 aromatic heterocycles.